The maximum absolute atomic E-state index is 13.5. The number of rotatable bonds is 8. The molecule has 0 aliphatic heterocycles. The summed E-state index contributed by atoms with van der Waals surface area (Å²) >= 11 is 0. The van der Waals surface area contributed by atoms with E-state index in [-0.39, 0.29) is 0 Å². The van der Waals surface area contributed by atoms with Gasteiger partial charge in [-0.25, -0.2) is 13.2 Å². The molecule has 0 spiro atoms. The highest BCUT2D eigenvalue weighted by atomic mass is 19.2. The van der Waals surface area contributed by atoms with Crippen LogP contribution in [0.5, 0.6) is 0 Å². The molecular weight excluding hydrogens is 369 g/mol. The number of hydrogen-bond acceptors (Lipinski definition) is 0. The average molecular weight is 403 g/mol. The first-order valence-corrected chi connectivity index (χ1v) is 11.3. The van der Waals surface area contributed by atoms with Crippen LogP contribution in [-0.2, 0) is 0 Å². The second-order valence-corrected chi connectivity index (χ2v) is 8.65. The van der Waals surface area contributed by atoms with E-state index in [2.05, 4.69) is 26.0 Å². The average Bonchev–Trinajstić information content (AvgIpc) is 2.75. The Hall–Kier alpha value is -1.77. The zero-order chi connectivity index (χ0) is 20.8. The van der Waals surface area contributed by atoms with E-state index in [1.807, 2.05) is 12.1 Å². The Balaban J connectivity index is 1.60. The van der Waals surface area contributed by atoms with Crippen LogP contribution in [0, 0.1) is 29.3 Å². The van der Waals surface area contributed by atoms with Gasteiger partial charge >= 0.3 is 0 Å². The van der Waals surface area contributed by atoms with Crippen molar-refractivity contribution in [2.75, 3.05) is 0 Å². The number of benzene rings is 2. The van der Waals surface area contributed by atoms with Crippen LogP contribution in [-0.4, -0.2) is 0 Å². The molecule has 1 unspecified atom stereocenters. The van der Waals surface area contributed by atoms with Crippen molar-refractivity contribution in [1.29, 1.82) is 0 Å². The van der Waals surface area contributed by atoms with Gasteiger partial charge in [-0.15, -0.1) is 0 Å². The summed E-state index contributed by atoms with van der Waals surface area (Å²) in [7, 11) is 0. The van der Waals surface area contributed by atoms with Gasteiger partial charge in [-0.1, -0.05) is 70.2 Å². The molecular formula is C26H33F3. The molecule has 0 nitrogen and oxygen atoms in total. The Morgan fingerprint density at radius 2 is 1.45 bits per heavy atom. The topological polar surface area (TPSA) is 0 Å². The van der Waals surface area contributed by atoms with Crippen LogP contribution in [0.1, 0.15) is 83.1 Å². The van der Waals surface area contributed by atoms with Crippen molar-refractivity contribution < 1.29 is 13.2 Å². The van der Waals surface area contributed by atoms with Crippen LogP contribution in [0.25, 0.3) is 11.1 Å². The molecule has 1 aliphatic carbocycles. The van der Waals surface area contributed by atoms with Gasteiger partial charge in [0.1, 0.15) is 0 Å². The predicted octanol–water partition coefficient (Wildman–Crippen LogP) is 8.65. The van der Waals surface area contributed by atoms with Crippen LogP contribution < -0.4 is 0 Å². The van der Waals surface area contributed by atoms with Gasteiger partial charge in [-0.2, -0.15) is 0 Å². The highest BCUT2D eigenvalue weighted by Crippen LogP contribution is 2.41. The van der Waals surface area contributed by atoms with Gasteiger partial charge in [0.25, 0.3) is 0 Å². The van der Waals surface area contributed by atoms with E-state index >= 15 is 0 Å². The van der Waals surface area contributed by atoms with Crippen LogP contribution >= 0.6 is 0 Å². The lowest BCUT2D eigenvalue weighted by Crippen LogP contribution is -2.21. The van der Waals surface area contributed by atoms with Crippen molar-refractivity contribution in [2.45, 2.75) is 77.6 Å². The minimum absolute atomic E-state index is 0.370. The Kier molecular flexibility index (Phi) is 7.80. The highest BCUT2D eigenvalue weighted by molar-refractivity contribution is 5.64. The molecule has 0 aromatic heterocycles. The summed E-state index contributed by atoms with van der Waals surface area (Å²) in [5, 5.41) is 0. The molecule has 2 aromatic carbocycles. The Bertz CT molecular complexity index is 750. The smallest absolute Gasteiger partial charge is 0.194 e. The SMILES string of the molecule is CCCCCC(CC)C1CCC(c2ccc(-c3cc(F)c(F)c(F)c3)cc2)CC1. The van der Waals surface area contributed by atoms with Gasteiger partial charge in [0.2, 0.25) is 0 Å². The van der Waals surface area contributed by atoms with Crippen LogP contribution in [0.2, 0.25) is 0 Å². The normalized spacial score (nSPS) is 20.6. The van der Waals surface area contributed by atoms with Crippen LogP contribution in [0.4, 0.5) is 13.2 Å². The monoisotopic (exact) mass is 402 g/mol. The van der Waals surface area contributed by atoms with E-state index < -0.39 is 17.5 Å². The zero-order valence-corrected chi connectivity index (χ0v) is 17.7. The van der Waals surface area contributed by atoms with Gasteiger partial charge < -0.3 is 0 Å². The van der Waals surface area contributed by atoms with Gasteiger partial charge in [0.15, 0.2) is 17.5 Å². The third-order valence-corrected chi connectivity index (χ3v) is 6.84. The summed E-state index contributed by atoms with van der Waals surface area (Å²) in [5.74, 6) is -1.42. The second kappa shape index (κ2) is 10.3. The van der Waals surface area contributed by atoms with Gasteiger partial charge in [0.05, 0.1) is 0 Å². The van der Waals surface area contributed by atoms with E-state index in [0.29, 0.717) is 17.0 Å². The highest BCUT2D eigenvalue weighted by Gasteiger charge is 2.27. The fourth-order valence-corrected chi connectivity index (χ4v) is 5.02. The fraction of sp³-hybridized carbons (Fsp3) is 0.538. The van der Waals surface area contributed by atoms with Crippen molar-refractivity contribution in [3.05, 3.63) is 59.4 Å². The predicted molar refractivity (Wildman–Crippen MR) is 114 cm³/mol. The standard InChI is InChI=1S/C26H33F3/c1-3-5-6-7-18(4-2)19-8-10-20(11-9-19)21-12-14-22(15-13-21)23-16-24(27)26(29)25(28)17-23/h12-20H,3-11H2,1-2H3. The van der Waals surface area contributed by atoms with E-state index in [4.69, 9.17) is 0 Å². The summed E-state index contributed by atoms with van der Waals surface area (Å²) in [4.78, 5) is 0. The largest absolute Gasteiger partial charge is 0.204 e. The third kappa shape index (κ3) is 5.43. The maximum atomic E-state index is 13.5. The molecule has 3 heteroatoms. The van der Waals surface area contributed by atoms with E-state index in [0.717, 1.165) is 24.0 Å². The summed E-state index contributed by atoms with van der Waals surface area (Å²) in [6.07, 6.45) is 11.7. The van der Waals surface area contributed by atoms with Gasteiger partial charge in [-0.3, -0.25) is 0 Å². The molecule has 0 radical (unpaired) electrons. The molecule has 0 heterocycles. The molecule has 1 atom stereocenters. The molecule has 0 saturated heterocycles. The number of unbranched alkanes of at least 4 members (excludes halogenated alkanes) is 2. The summed E-state index contributed by atoms with van der Waals surface area (Å²) in [5.41, 5.74) is 2.38. The minimum Gasteiger partial charge on any atom is -0.204 e. The van der Waals surface area contributed by atoms with Gasteiger partial charge in [0, 0.05) is 0 Å². The van der Waals surface area contributed by atoms with Crippen LogP contribution in [0.3, 0.4) is 0 Å². The first-order valence-electron chi connectivity index (χ1n) is 11.3. The lowest BCUT2D eigenvalue weighted by Gasteiger charge is -2.34. The zero-order valence-electron chi connectivity index (χ0n) is 17.7. The minimum atomic E-state index is -1.41. The lowest BCUT2D eigenvalue weighted by molar-refractivity contribution is 0.212. The molecule has 0 amide bonds. The lowest BCUT2D eigenvalue weighted by atomic mass is 9.72. The van der Waals surface area contributed by atoms with E-state index in [1.165, 1.54) is 63.4 Å². The number of hydrogen-bond donors (Lipinski definition) is 0. The van der Waals surface area contributed by atoms with Gasteiger partial charge in [-0.05, 0) is 72.3 Å². The van der Waals surface area contributed by atoms with Crippen molar-refractivity contribution in [3.63, 3.8) is 0 Å². The van der Waals surface area contributed by atoms with E-state index in [9.17, 15) is 13.2 Å². The molecule has 1 saturated carbocycles. The Labute approximate surface area is 173 Å². The third-order valence-electron chi connectivity index (χ3n) is 6.84. The molecule has 1 fully saturated rings. The summed E-state index contributed by atoms with van der Waals surface area (Å²) in [6, 6.07) is 10.0. The van der Waals surface area contributed by atoms with E-state index in [1.54, 1.807) is 0 Å². The Morgan fingerprint density at radius 3 is 2.00 bits per heavy atom. The number of halogens is 3. The second-order valence-electron chi connectivity index (χ2n) is 8.65. The molecule has 29 heavy (non-hydrogen) atoms. The molecule has 3 rings (SSSR count). The molecule has 0 bridgehead atoms. The van der Waals surface area contributed by atoms with Crippen molar-refractivity contribution in [1.82, 2.24) is 0 Å². The van der Waals surface area contributed by atoms with Crippen molar-refractivity contribution >= 4 is 0 Å². The first-order chi connectivity index (χ1) is 14.0. The molecule has 158 valence electrons. The first kappa shape index (κ1) is 21.9. The quantitative estimate of drug-likeness (QED) is 0.306. The van der Waals surface area contributed by atoms with Crippen molar-refractivity contribution in [2.24, 2.45) is 11.8 Å². The van der Waals surface area contributed by atoms with Crippen molar-refractivity contribution in [3.8, 4) is 11.1 Å². The summed E-state index contributed by atoms with van der Waals surface area (Å²) < 4.78 is 40.2. The van der Waals surface area contributed by atoms with Crippen LogP contribution in [0.15, 0.2) is 36.4 Å². The molecule has 2 aromatic rings. The Morgan fingerprint density at radius 1 is 0.828 bits per heavy atom. The fourth-order valence-electron chi connectivity index (χ4n) is 5.02. The molecule has 0 N–H and O–H groups in total. The summed E-state index contributed by atoms with van der Waals surface area (Å²) in [6.45, 7) is 4.60. The molecule has 1 aliphatic rings. The maximum Gasteiger partial charge on any atom is 0.194 e.